The molecule has 0 unspecified atom stereocenters. The fraction of sp³-hybridized carbons (Fsp3) is 0.391. The summed E-state index contributed by atoms with van der Waals surface area (Å²) in [6, 6.07) is 5.40. The number of anilines is 2. The van der Waals surface area contributed by atoms with Crippen LogP contribution in [-0.2, 0) is 0 Å². The Kier molecular flexibility index (Phi) is 6.92. The number of rotatable bonds is 5. The summed E-state index contributed by atoms with van der Waals surface area (Å²) in [5, 5.41) is 18.0. The minimum atomic E-state index is -0.655. The molecule has 0 atom stereocenters. The standard InChI is InChI=1S/C23H26ClIN6O2/c1-14-10-17(12-27-21(14)30-8-6-15(7-9-30)23(2,3)33)29-22(32)18-13-28-31(20(18)25)19-5-4-16(24)11-26-19/h4-5,10-13,15,33H,6-9H2,1-3H3,(H,29,32). The molecule has 1 aliphatic rings. The maximum Gasteiger partial charge on any atom is 0.260 e. The van der Waals surface area contributed by atoms with Crippen molar-refractivity contribution in [2.45, 2.75) is 39.2 Å². The number of amides is 1. The lowest BCUT2D eigenvalue weighted by Gasteiger charge is -2.38. The second kappa shape index (κ2) is 9.55. The van der Waals surface area contributed by atoms with Crippen LogP contribution < -0.4 is 10.2 Å². The number of nitrogens with zero attached hydrogens (tertiary/aromatic N) is 5. The maximum absolute atomic E-state index is 12.9. The molecule has 8 nitrogen and oxygen atoms in total. The third-order valence-electron chi connectivity index (χ3n) is 5.99. The number of halogens is 2. The molecule has 0 spiro atoms. The van der Waals surface area contributed by atoms with Gasteiger partial charge in [-0.25, -0.2) is 14.6 Å². The van der Waals surface area contributed by atoms with Crippen LogP contribution in [0.25, 0.3) is 5.82 Å². The molecule has 4 rings (SSSR count). The van der Waals surface area contributed by atoms with Crippen LogP contribution in [0.3, 0.4) is 0 Å². The molecule has 3 aromatic heterocycles. The summed E-state index contributed by atoms with van der Waals surface area (Å²) >= 11 is 7.99. The zero-order chi connectivity index (χ0) is 23.8. The Morgan fingerprint density at radius 2 is 1.94 bits per heavy atom. The van der Waals surface area contributed by atoms with E-state index in [4.69, 9.17) is 11.6 Å². The van der Waals surface area contributed by atoms with Crippen LogP contribution in [0, 0.1) is 16.5 Å². The number of hydrogen-bond acceptors (Lipinski definition) is 6. The Morgan fingerprint density at radius 1 is 1.21 bits per heavy atom. The average molecular weight is 581 g/mol. The summed E-state index contributed by atoms with van der Waals surface area (Å²) in [6.45, 7) is 7.46. The van der Waals surface area contributed by atoms with Gasteiger partial charge in [0.15, 0.2) is 5.82 Å². The summed E-state index contributed by atoms with van der Waals surface area (Å²) in [5.41, 5.74) is 1.41. The lowest BCUT2D eigenvalue weighted by atomic mass is 9.83. The molecule has 1 amide bonds. The molecule has 3 aromatic rings. The van der Waals surface area contributed by atoms with Crippen molar-refractivity contribution >= 4 is 51.6 Å². The highest BCUT2D eigenvalue weighted by molar-refractivity contribution is 14.1. The number of hydrogen-bond donors (Lipinski definition) is 2. The van der Waals surface area contributed by atoms with Gasteiger partial charge < -0.3 is 15.3 Å². The highest BCUT2D eigenvalue weighted by Crippen LogP contribution is 2.31. The lowest BCUT2D eigenvalue weighted by molar-refractivity contribution is 0.00645. The molecular formula is C23H26ClIN6O2. The predicted molar refractivity (Wildman–Crippen MR) is 137 cm³/mol. The van der Waals surface area contributed by atoms with Crippen LogP contribution >= 0.6 is 34.2 Å². The normalized spacial score (nSPS) is 15.0. The topological polar surface area (TPSA) is 96.2 Å². The molecule has 0 saturated carbocycles. The first-order valence-corrected chi connectivity index (χ1v) is 12.2. The molecule has 4 heterocycles. The van der Waals surface area contributed by atoms with Crippen LogP contribution in [-0.4, -0.2) is 49.5 Å². The van der Waals surface area contributed by atoms with Crippen LogP contribution in [0.1, 0.15) is 42.6 Å². The molecule has 1 aliphatic heterocycles. The van der Waals surface area contributed by atoms with E-state index in [0.717, 1.165) is 37.3 Å². The van der Waals surface area contributed by atoms with Gasteiger partial charge in [-0.2, -0.15) is 5.10 Å². The Bertz CT molecular complexity index is 1150. The van der Waals surface area contributed by atoms with Crippen LogP contribution in [0.2, 0.25) is 5.02 Å². The van der Waals surface area contributed by atoms with Gasteiger partial charge in [-0.05, 0) is 85.9 Å². The van der Waals surface area contributed by atoms with Crippen molar-refractivity contribution in [3.63, 3.8) is 0 Å². The first-order chi connectivity index (χ1) is 15.6. The quantitative estimate of drug-likeness (QED) is 0.433. The Balaban J connectivity index is 1.44. The van der Waals surface area contributed by atoms with E-state index in [1.165, 1.54) is 12.4 Å². The van der Waals surface area contributed by atoms with E-state index in [9.17, 15) is 9.90 Å². The minimum Gasteiger partial charge on any atom is -0.390 e. The fourth-order valence-corrected chi connectivity index (χ4v) is 4.97. The first-order valence-electron chi connectivity index (χ1n) is 10.7. The summed E-state index contributed by atoms with van der Waals surface area (Å²) in [7, 11) is 0. The Hall–Kier alpha value is -2.24. The van der Waals surface area contributed by atoms with Crippen molar-refractivity contribution in [1.29, 1.82) is 0 Å². The fourth-order valence-electron chi connectivity index (χ4n) is 4.10. The van der Waals surface area contributed by atoms with Crippen molar-refractivity contribution in [2.24, 2.45) is 5.92 Å². The van der Waals surface area contributed by atoms with Crippen molar-refractivity contribution in [1.82, 2.24) is 19.7 Å². The molecule has 0 radical (unpaired) electrons. The predicted octanol–water partition coefficient (Wildman–Crippen LogP) is 4.47. The minimum absolute atomic E-state index is 0.264. The van der Waals surface area contributed by atoms with Gasteiger partial charge in [-0.15, -0.1) is 0 Å². The number of carbonyl (C=O) groups excluding carboxylic acids is 1. The van der Waals surface area contributed by atoms with Gasteiger partial charge in [0, 0.05) is 19.3 Å². The van der Waals surface area contributed by atoms with E-state index in [-0.39, 0.29) is 5.91 Å². The molecule has 0 bridgehead atoms. The average Bonchev–Trinajstić information content (AvgIpc) is 3.15. The highest BCUT2D eigenvalue weighted by Gasteiger charge is 2.31. The Labute approximate surface area is 211 Å². The summed E-state index contributed by atoms with van der Waals surface area (Å²) < 4.78 is 2.24. The molecule has 33 heavy (non-hydrogen) atoms. The SMILES string of the molecule is Cc1cc(NC(=O)c2cnn(-c3ccc(Cl)cn3)c2I)cnc1N1CCC(C(C)(C)O)CC1. The van der Waals surface area contributed by atoms with E-state index in [2.05, 4.69) is 47.9 Å². The number of pyridine rings is 2. The summed E-state index contributed by atoms with van der Waals surface area (Å²) in [5.74, 6) is 1.52. The maximum atomic E-state index is 12.9. The van der Waals surface area contributed by atoms with Gasteiger partial charge in [0.1, 0.15) is 9.52 Å². The molecular weight excluding hydrogens is 555 g/mol. The third-order valence-corrected chi connectivity index (χ3v) is 7.25. The van der Waals surface area contributed by atoms with Crippen LogP contribution in [0.4, 0.5) is 11.5 Å². The van der Waals surface area contributed by atoms with Crippen molar-refractivity contribution in [3.05, 3.63) is 56.6 Å². The number of nitrogens with one attached hydrogen (secondary N) is 1. The highest BCUT2D eigenvalue weighted by atomic mass is 127. The van der Waals surface area contributed by atoms with E-state index in [0.29, 0.717) is 31.7 Å². The molecule has 0 aliphatic carbocycles. The third kappa shape index (κ3) is 5.30. The van der Waals surface area contributed by atoms with Crippen molar-refractivity contribution < 1.29 is 9.90 Å². The number of piperidine rings is 1. The lowest BCUT2D eigenvalue weighted by Crippen LogP contribution is -2.42. The van der Waals surface area contributed by atoms with Gasteiger partial charge in [-0.1, -0.05) is 11.6 Å². The summed E-state index contributed by atoms with van der Waals surface area (Å²) in [6.07, 6.45) is 6.59. The molecule has 174 valence electrons. The smallest absolute Gasteiger partial charge is 0.260 e. The Morgan fingerprint density at radius 3 is 2.55 bits per heavy atom. The number of carbonyl (C=O) groups is 1. The van der Waals surface area contributed by atoms with E-state index >= 15 is 0 Å². The van der Waals surface area contributed by atoms with Gasteiger partial charge in [-0.3, -0.25) is 4.79 Å². The first kappa shape index (κ1) is 23.9. The second-order valence-corrected chi connectivity index (χ2v) is 10.3. The molecule has 0 aromatic carbocycles. The summed E-state index contributed by atoms with van der Waals surface area (Å²) in [4.78, 5) is 24.0. The van der Waals surface area contributed by atoms with Crippen molar-refractivity contribution in [3.8, 4) is 5.82 Å². The van der Waals surface area contributed by atoms with Crippen LogP contribution in [0.15, 0.2) is 36.8 Å². The van der Waals surface area contributed by atoms with Crippen LogP contribution in [0.5, 0.6) is 0 Å². The van der Waals surface area contributed by atoms with Gasteiger partial charge in [0.2, 0.25) is 0 Å². The molecule has 2 N–H and O–H groups in total. The monoisotopic (exact) mass is 580 g/mol. The number of aliphatic hydroxyl groups is 1. The van der Waals surface area contributed by atoms with Gasteiger partial charge >= 0.3 is 0 Å². The number of aryl methyl sites for hydroxylation is 1. The van der Waals surface area contributed by atoms with Crippen molar-refractivity contribution in [2.75, 3.05) is 23.3 Å². The zero-order valence-corrected chi connectivity index (χ0v) is 21.6. The van der Waals surface area contributed by atoms with E-state index in [1.807, 2.05) is 26.8 Å². The largest absolute Gasteiger partial charge is 0.390 e. The second-order valence-electron chi connectivity index (χ2n) is 8.83. The van der Waals surface area contributed by atoms with E-state index in [1.54, 1.807) is 23.0 Å². The van der Waals surface area contributed by atoms with E-state index < -0.39 is 5.60 Å². The molecule has 1 saturated heterocycles. The molecule has 1 fully saturated rings. The number of aromatic nitrogens is 4. The zero-order valence-electron chi connectivity index (χ0n) is 18.7. The van der Waals surface area contributed by atoms with Gasteiger partial charge in [0.25, 0.3) is 5.91 Å². The van der Waals surface area contributed by atoms with Gasteiger partial charge in [0.05, 0.1) is 34.3 Å². The molecule has 10 heteroatoms.